The monoisotopic (exact) mass is 260 g/mol. The number of carbonyl (C=O) groups is 2. The third-order valence-corrected chi connectivity index (χ3v) is 3.73. The summed E-state index contributed by atoms with van der Waals surface area (Å²) in [7, 11) is 1.34. The van der Waals surface area contributed by atoms with E-state index in [1.807, 2.05) is 12.2 Å². The molecule has 0 N–H and O–H groups in total. The third-order valence-electron chi connectivity index (χ3n) is 3.73. The number of methoxy groups -OCH3 is 1. The second-order valence-corrected chi connectivity index (χ2v) is 4.79. The number of terminal acetylenes is 1. The van der Waals surface area contributed by atoms with Crippen LogP contribution in [0.15, 0.2) is 24.8 Å². The predicted molar refractivity (Wildman–Crippen MR) is 74.2 cm³/mol. The molecule has 0 spiro atoms. The van der Waals surface area contributed by atoms with Gasteiger partial charge in [-0.05, 0) is 25.2 Å². The standard InChI is InChI=1S/C16H20O3/c1-4-6-7-8-9-13-12-14(17)10-11-16(13,5-2)15(18)19-3/h2,4,6-7,13H,1,8-12H2,3H3/b7-6+/t13-,16+/m0/s1. The maximum Gasteiger partial charge on any atom is 0.324 e. The van der Waals surface area contributed by atoms with Crippen LogP contribution in [0.3, 0.4) is 0 Å². The Hall–Kier alpha value is -1.82. The van der Waals surface area contributed by atoms with Crippen molar-refractivity contribution in [2.24, 2.45) is 11.3 Å². The summed E-state index contributed by atoms with van der Waals surface area (Å²) in [4.78, 5) is 23.6. The molecule has 3 nitrogen and oxygen atoms in total. The molecular weight excluding hydrogens is 240 g/mol. The van der Waals surface area contributed by atoms with E-state index in [-0.39, 0.29) is 17.7 Å². The Morgan fingerprint density at radius 3 is 3.00 bits per heavy atom. The Kier molecular flexibility index (Phi) is 5.57. The van der Waals surface area contributed by atoms with Gasteiger partial charge in [0.1, 0.15) is 11.2 Å². The van der Waals surface area contributed by atoms with Gasteiger partial charge in [-0.3, -0.25) is 9.59 Å². The van der Waals surface area contributed by atoms with Gasteiger partial charge < -0.3 is 4.74 Å². The molecular formula is C16H20O3. The largest absolute Gasteiger partial charge is 0.468 e. The summed E-state index contributed by atoms with van der Waals surface area (Å²) in [5, 5.41) is 0. The van der Waals surface area contributed by atoms with Gasteiger partial charge in [0.2, 0.25) is 0 Å². The lowest BCUT2D eigenvalue weighted by atomic mass is 9.64. The summed E-state index contributed by atoms with van der Waals surface area (Å²) in [5.41, 5.74) is -0.940. The number of rotatable bonds is 5. The second-order valence-electron chi connectivity index (χ2n) is 4.79. The molecule has 0 unspecified atom stereocenters. The Labute approximate surface area is 114 Å². The van der Waals surface area contributed by atoms with Crippen molar-refractivity contribution in [1.29, 1.82) is 0 Å². The van der Waals surface area contributed by atoms with E-state index in [4.69, 9.17) is 11.2 Å². The quantitative estimate of drug-likeness (QED) is 0.433. The van der Waals surface area contributed by atoms with Crippen molar-refractivity contribution in [3.8, 4) is 12.3 Å². The van der Waals surface area contributed by atoms with Gasteiger partial charge in [-0.15, -0.1) is 6.42 Å². The van der Waals surface area contributed by atoms with Gasteiger partial charge in [0, 0.05) is 12.8 Å². The molecule has 102 valence electrons. The zero-order chi connectivity index (χ0) is 14.3. The highest BCUT2D eigenvalue weighted by Crippen LogP contribution is 2.43. The van der Waals surface area contributed by atoms with E-state index in [0.29, 0.717) is 25.7 Å². The van der Waals surface area contributed by atoms with E-state index in [1.54, 1.807) is 6.08 Å². The van der Waals surface area contributed by atoms with Crippen LogP contribution in [-0.2, 0) is 14.3 Å². The van der Waals surface area contributed by atoms with Gasteiger partial charge in [0.05, 0.1) is 7.11 Å². The first-order chi connectivity index (χ1) is 9.10. The van der Waals surface area contributed by atoms with Crippen molar-refractivity contribution >= 4 is 11.8 Å². The van der Waals surface area contributed by atoms with E-state index in [0.717, 1.165) is 6.42 Å². The first-order valence-electron chi connectivity index (χ1n) is 6.46. The predicted octanol–water partition coefficient (Wildman–Crippen LogP) is 2.67. The summed E-state index contributed by atoms with van der Waals surface area (Å²) >= 11 is 0. The average Bonchev–Trinajstić information content (AvgIpc) is 2.43. The fraction of sp³-hybridized carbons (Fsp3) is 0.500. The Balaban J connectivity index is 2.88. The molecule has 0 heterocycles. The highest BCUT2D eigenvalue weighted by molar-refractivity contribution is 5.87. The Morgan fingerprint density at radius 2 is 2.42 bits per heavy atom. The minimum atomic E-state index is -0.940. The minimum Gasteiger partial charge on any atom is -0.468 e. The molecule has 0 bridgehead atoms. The summed E-state index contributed by atoms with van der Waals surface area (Å²) in [5.74, 6) is 2.26. The number of allylic oxidation sites excluding steroid dienone is 3. The maximum absolute atomic E-state index is 12.0. The normalized spacial score (nSPS) is 26.9. The fourth-order valence-electron chi connectivity index (χ4n) is 2.63. The summed E-state index contributed by atoms with van der Waals surface area (Å²) in [6.07, 6.45) is 13.7. The lowest BCUT2D eigenvalue weighted by Crippen LogP contribution is -2.43. The van der Waals surface area contributed by atoms with Gasteiger partial charge >= 0.3 is 5.97 Å². The Morgan fingerprint density at radius 1 is 1.68 bits per heavy atom. The number of ether oxygens (including phenoxy) is 1. The van der Waals surface area contributed by atoms with Crippen LogP contribution in [0.25, 0.3) is 0 Å². The fourth-order valence-corrected chi connectivity index (χ4v) is 2.63. The van der Waals surface area contributed by atoms with Gasteiger partial charge in [-0.1, -0.05) is 30.7 Å². The van der Waals surface area contributed by atoms with Gasteiger partial charge in [-0.2, -0.15) is 0 Å². The molecule has 1 aliphatic carbocycles. The van der Waals surface area contributed by atoms with E-state index < -0.39 is 5.41 Å². The van der Waals surface area contributed by atoms with Crippen LogP contribution in [0, 0.1) is 23.7 Å². The van der Waals surface area contributed by atoms with Gasteiger partial charge in [-0.25, -0.2) is 0 Å². The number of hydrogen-bond acceptors (Lipinski definition) is 3. The minimum absolute atomic E-state index is 0.138. The third kappa shape index (κ3) is 3.35. The van der Waals surface area contributed by atoms with Crippen molar-refractivity contribution in [1.82, 2.24) is 0 Å². The molecule has 1 fully saturated rings. The van der Waals surface area contributed by atoms with Crippen LogP contribution in [0.4, 0.5) is 0 Å². The molecule has 0 radical (unpaired) electrons. The summed E-state index contributed by atoms with van der Waals surface area (Å²) in [6, 6.07) is 0. The number of Topliss-reactive ketones (excluding diaryl/α,β-unsaturated/α-hetero) is 1. The number of hydrogen-bond donors (Lipinski definition) is 0. The van der Waals surface area contributed by atoms with E-state index >= 15 is 0 Å². The molecule has 2 atom stereocenters. The summed E-state index contributed by atoms with van der Waals surface area (Å²) < 4.78 is 4.85. The van der Waals surface area contributed by atoms with Crippen molar-refractivity contribution in [3.05, 3.63) is 24.8 Å². The first kappa shape index (κ1) is 15.2. The molecule has 0 aromatic carbocycles. The molecule has 1 aliphatic rings. The topological polar surface area (TPSA) is 43.4 Å². The number of esters is 1. The molecule has 0 aliphatic heterocycles. The summed E-state index contributed by atoms with van der Waals surface area (Å²) in [6.45, 7) is 3.60. The number of ketones is 1. The van der Waals surface area contributed by atoms with Crippen LogP contribution in [0.2, 0.25) is 0 Å². The molecule has 0 amide bonds. The first-order valence-corrected chi connectivity index (χ1v) is 6.46. The lowest BCUT2D eigenvalue weighted by molar-refractivity contribution is -0.155. The van der Waals surface area contributed by atoms with Crippen LogP contribution in [-0.4, -0.2) is 18.9 Å². The number of carbonyl (C=O) groups excluding carboxylic acids is 2. The zero-order valence-electron chi connectivity index (χ0n) is 11.4. The maximum atomic E-state index is 12.0. The average molecular weight is 260 g/mol. The smallest absolute Gasteiger partial charge is 0.324 e. The zero-order valence-corrected chi connectivity index (χ0v) is 11.4. The molecule has 19 heavy (non-hydrogen) atoms. The van der Waals surface area contributed by atoms with Crippen LogP contribution in [0.1, 0.15) is 32.1 Å². The second kappa shape index (κ2) is 6.94. The molecule has 0 aromatic heterocycles. The molecule has 0 aromatic rings. The Bertz CT molecular complexity index is 428. The molecule has 0 saturated heterocycles. The van der Waals surface area contributed by atoms with Crippen LogP contribution >= 0.6 is 0 Å². The lowest BCUT2D eigenvalue weighted by Gasteiger charge is -2.37. The van der Waals surface area contributed by atoms with Crippen LogP contribution in [0.5, 0.6) is 0 Å². The highest BCUT2D eigenvalue weighted by Gasteiger charge is 2.48. The van der Waals surface area contributed by atoms with E-state index in [1.165, 1.54) is 7.11 Å². The van der Waals surface area contributed by atoms with Crippen LogP contribution < -0.4 is 0 Å². The highest BCUT2D eigenvalue weighted by atomic mass is 16.5. The van der Waals surface area contributed by atoms with Crippen molar-refractivity contribution in [3.63, 3.8) is 0 Å². The van der Waals surface area contributed by atoms with Gasteiger partial charge in [0.25, 0.3) is 0 Å². The van der Waals surface area contributed by atoms with E-state index in [9.17, 15) is 9.59 Å². The molecule has 1 saturated carbocycles. The van der Waals surface area contributed by atoms with E-state index in [2.05, 4.69) is 12.5 Å². The van der Waals surface area contributed by atoms with Gasteiger partial charge in [0.15, 0.2) is 0 Å². The van der Waals surface area contributed by atoms with Crippen molar-refractivity contribution in [2.75, 3.05) is 7.11 Å². The molecule has 1 rings (SSSR count). The molecule has 3 heteroatoms. The SMILES string of the molecule is C#C[C@@]1(C(=O)OC)CCC(=O)C[C@@H]1CC/C=C/C=C. The van der Waals surface area contributed by atoms with Crippen molar-refractivity contribution in [2.45, 2.75) is 32.1 Å². The van der Waals surface area contributed by atoms with Crippen molar-refractivity contribution < 1.29 is 14.3 Å².